The van der Waals surface area contributed by atoms with E-state index in [1.54, 1.807) is 0 Å². The minimum absolute atomic E-state index is 0.153. The fraction of sp³-hybridized carbons (Fsp3) is 0.0400. The fourth-order valence-electron chi connectivity index (χ4n) is 8.17. The zero-order chi connectivity index (χ0) is 34.4. The van der Waals surface area contributed by atoms with Crippen LogP contribution in [0, 0.1) is 0 Å². The third-order valence-corrected chi connectivity index (χ3v) is 10.6. The molecule has 9 aromatic rings. The Kier molecular flexibility index (Phi) is 7.32. The van der Waals surface area contributed by atoms with Gasteiger partial charge in [0.2, 0.25) is 0 Å². The van der Waals surface area contributed by atoms with Crippen molar-refractivity contribution in [3.63, 3.8) is 0 Å². The number of para-hydroxylation sites is 3. The Labute approximate surface area is 303 Å². The molecule has 1 aromatic heterocycles. The summed E-state index contributed by atoms with van der Waals surface area (Å²) >= 11 is 0. The normalized spacial score (nSPS) is 13.8. The van der Waals surface area contributed by atoms with Crippen LogP contribution in [-0.2, 0) is 6.42 Å². The second-order valence-corrected chi connectivity index (χ2v) is 13.6. The van der Waals surface area contributed by atoms with Crippen LogP contribution < -0.4 is 4.90 Å². The van der Waals surface area contributed by atoms with E-state index in [2.05, 4.69) is 193 Å². The first-order valence-corrected chi connectivity index (χ1v) is 18.0. The van der Waals surface area contributed by atoms with Gasteiger partial charge in [-0.2, -0.15) is 0 Å². The second-order valence-electron chi connectivity index (χ2n) is 13.6. The number of benzene rings is 8. The van der Waals surface area contributed by atoms with Crippen molar-refractivity contribution in [2.45, 2.75) is 12.3 Å². The number of hydrogen-bond donors (Lipinski definition) is 0. The molecule has 0 aliphatic heterocycles. The summed E-state index contributed by atoms with van der Waals surface area (Å²) in [4.78, 5) is 2.44. The van der Waals surface area contributed by atoms with E-state index in [0.717, 1.165) is 34.8 Å². The van der Waals surface area contributed by atoms with E-state index in [0.29, 0.717) is 0 Å². The number of hydrogen-bond acceptors (Lipinski definition) is 2. The fourth-order valence-corrected chi connectivity index (χ4v) is 8.17. The number of allylic oxidation sites excluding steroid dienone is 1. The molecule has 1 heterocycles. The Morgan fingerprint density at radius 1 is 0.462 bits per heavy atom. The Hall–Kier alpha value is -6.64. The monoisotopic (exact) mass is 665 g/mol. The molecule has 0 fully saturated rings. The average molecular weight is 666 g/mol. The van der Waals surface area contributed by atoms with Crippen LogP contribution in [0.1, 0.15) is 22.8 Å². The molecule has 8 aromatic carbocycles. The maximum atomic E-state index is 6.43. The molecule has 1 aliphatic carbocycles. The van der Waals surface area contributed by atoms with E-state index in [1.165, 1.54) is 60.3 Å². The lowest BCUT2D eigenvalue weighted by molar-refractivity contribution is 0.533. The van der Waals surface area contributed by atoms with E-state index in [-0.39, 0.29) is 5.92 Å². The molecule has 1 unspecified atom stereocenters. The lowest BCUT2D eigenvalue weighted by atomic mass is 9.86. The quantitative estimate of drug-likeness (QED) is 0.164. The van der Waals surface area contributed by atoms with Gasteiger partial charge in [0.05, 0.1) is 5.69 Å². The Bertz CT molecular complexity index is 2770. The van der Waals surface area contributed by atoms with E-state index in [9.17, 15) is 0 Å². The van der Waals surface area contributed by atoms with Crippen molar-refractivity contribution >= 4 is 55.7 Å². The van der Waals surface area contributed by atoms with Crippen molar-refractivity contribution in [3.05, 3.63) is 205 Å². The highest BCUT2D eigenvalue weighted by Crippen LogP contribution is 2.46. The molecule has 2 nitrogen and oxygen atoms in total. The average Bonchev–Trinajstić information content (AvgIpc) is 3.60. The van der Waals surface area contributed by atoms with Crippen molar-refractivity contribution in [1.29, 1.82) is 0 Å². The molecule has 0 spiro atoms. The smallest absolute Gasteiger partial charge is 0.134 e. The van der Waals surface area contributed by atoms with Gasteiger partial charge in [0.15, 0.2) is 0 Å². The molecule has 52 heavy (non-hydrogen) atoms. The van der Waals surface area contributed by atoms with Crippen LogP contribution in [0.2, 0.25) is 0 Å². The first kappa shape index (κ1) is 30.2. The van der Waals surface area contributed by atoms with Gasteiger partial charge in [0.1, 0.15) is 11.3 Å². The zero-order valence-electron chi connectivity index (χ0n) is 28.6. The van der Waals surface area contributed by atoms with Crippen molar-refractivity contribution in [2.24, 2.45) is 0 Å². The first-order valence-electron chi connectivity index (χ1n) is 18.0. The number of rotatable bonds is 6. The molecule has 2 heteroatoms. The minimum atomic E-state index is 0.153. The molecule has 0 N–H and O–H groups in total. The third kappa shape index (κ3) is 5.11. The number of fused-ring (bicyclic) bond motifs is 6. The molecule has 1 atom stereocenters. The summed E-state index contributed by atoms with van der Waals surface area (Å²) in [5.74, 6) is 1.20. The molecule has 10 rings (SSSR count). The van der Waals surface area contributed by atoms with Gasteiger partial charge in [-0.25, -0.2) is 0 Å². The molecular weight excluding hydrogens is 631 g/mol. The van der Waals surface area contributed by atoms with Crippen molar-refractivity contribution < 1.29 is 4.42 Å². The van der Waals surface area contributed by atoms with Crippen LogP contribution in [0.5, 0.6) is 0 Å². The van der Waals surface area contributed by atoms with E-state index in [1.807, 2.05) is 6.07 Å². The maximum absolute atomic E-state index is 6.43. The molecule has 246 valence electrons. The lowest BCUT2D eigenvalue weighted by Crippen LogP contribution is -2.15. The Balaban J connectivity index is 1.11. The highest BCUT2D eigenvalue weighted by molar-refractivity contribution is 6.12. The SMILES string of the molecule is C1=CC(c2ccccc2N(c2ccc(-c3cccc4c3ccc3ccccc34)cc2)c2ccccc2-c2ccccc2)Cc2oc3ccccc3c21. The van der Waals surface area contributed by atoms with Crippen LogP contribution in [-0.4, -0.2) is 0 Å². The van der Waals surface area contributed by atoms with Crippen LogP contribution in [0.4, 0.5) is 17.1 Å². The largest absolute Gasteiger partial charge is 0.460 e. The van der Waals surface area contributed by atoms with Crippen molar-refractivity contribution in [1.82, 2.24) is 0 Å². The summed E-state index contributed by atoms with van der Waals surface area (Å²) < 4.78 is 6.43. The highest BCUT2D eigenvalue weighted by atomic mass is 16.3. The molecule has 0 saturated carbocycles. The third-order valence-electron chi connectivity index (χ3n) is 10.6. The van der Waals surface area contributed by atoms with Gasteiger partial charge in [-0.15, -0.1) is 0 Å². The Morgan fingerprint density at radius 2 is 1.13 bits per heavy atom. The van der Waals surface area contributed by atoms with Gasteiger partial charge >= 0.3 is 0 Å². The molecule has 1 aliphatic rings. The van der Waals surface area contributed by atoms with Gasteiger partial charge in [-0.3, -0.25) is 0 Å². The van der Waals surface area contributed by atoms with E-state index in [4.69, 9.17) is 4.42 Å². The highest BCUT2D eigenvalue weighted by Gasteiger charge is 2.26. The predicted octanol–water partition coefficient (Wildman–Crippen LogP) is 13.9. The molecule has 0 bridgehead atoms. The van der Waals surface area contributed by atoms with E-state index < -0.39 is 0 Å². The van der Waals surface area contributed by atoms with Crippen LogP contribution in [0.25, 0.3) is 60.8 Å². The molecule has 0 amide bonds. The number of furan rings is 1. The maximum Gasteiger partial charge on any atom is 0.134 e. The molecule has 0 radical (unpaired) electrons. The number of anilines is 3. The van der Waals surface area contributed by atoms with Gasteiger partial charge in [0.25, 0.3) is 0 Å². The standard InChI is InChI=1S/C50H35NO/c1-2-13-34(14-3-1)41-17-6-9-22-47(41)51(48-23-10-7-18-42(48)37-28-32-46-45-19-8-11-24-49(45)52-50(46)33-37)38-29-25-36(26-30-38)40-20-12-21-43-39-16-5-4-15-35(39)27-31-44(40)43/h1-32,37H,33H2. The zero-order valence-corrected chi connectivity index (χ0v) is 28.6. The summed E-state index contributed by atoms with van der Waals surface area (Å²) in [6.07, 6.45) is 5.43. The van der Waals surface area contributed by atoms with Crippen molar-refractivity contribution in [3.8, 4) is 22.3 Å². The minimum Gasteiger partial charge on any atom is -0.460 e. The molecular formula is C50H35NO. The summed E-state index contributed by atoms with van der Waals surface area (Å²) in [6.45, 7) is 0. The predicted molar refractivity (Wildman–Crippen MR) is 219 cm³/mol. The summed E-state index contributed by atoms with van der Waals surface area (Å²) in [5, 5.41) is 6.27. The lowest BCUT2D eigenvalue weighted by Gasteiger charge is -2.31. The van der Waals surface area contributed by atoms with Gasteiger partial charge in [-0.05, 0) is 74.1 Å². The van der Waals surface area contributed by atoms with Gasteiger partial charge < -0.3 is 9.32 Å². The van der Waals surface area contributed by atoms with Crippen LogP contribution in [0.15, 0.2) is 192 Å². The van der Waals surface area contributed by atoms with Crippen molar-refractivity contribution in [2.75, 3.05) is 4.90 Å². The molecule has 0 saturated heterocycles. The Morgan fingerprint density at radius 3 is 2.02 bits per heavy atom. The van der Waals surface area contributed by atoms with Crippen LogP contribution in [0.3, 0.4) is 0 Å². The van der Waals surface area contributed by atoms with Gasteiger partial charge in [-0.1, -0.05) is 164 Å². The first-order chi connectivity index (χ1) is 25.8. The topological polar surface area (TPSA) is 16.4 Å². The van der Waals surface area contributed by atoms with Gasteiger partial charge in [0, 0.05) is 40.2 Å². The summed E-state index contributed by atoms with van der Waals surface area (Å²) in [5.41, 5.74) is 11.6. The number of nitrogens with zero attached hydrogens (tertiary/aromatic N) is 1. The van der Waals surface area contributed by atoms with E-state index >= 15 is 0 Å². The summed E-state index contributed by atoms with van der Waals surface area (Å²) in [7, 11) is 0. The second kappa shape index (κ2) is 12.6. The van der Waals surface area contributed by atoms with Crippen LogP contribution >= 0.6 is 0 Å². The summed E-state index contributed by atoms with van der Waals surface area (Å²) in [6, 6.07) is 65.6.